The largest absolute Gasteiger partial charge is 0.394 e. The van der Waals surface area contributed by atoms with E-state index in [1.165, 1.54) is 0 Å². The molecule has 4 heteroatoms. The van der Waals surface area contributed by atoms with Gasteiger partial charge in [0.05, 0.1) is 18.8 Å². The van der Waals surface area contributed by atoms with Crippen molar-refractivity contribution in [3.63, 3.8) is 0 Å². The predicted molar refractivity (Wildman–Crippen MR) is 66.3 cm³/mol. The Hall–Kier alpha value is -1.65. The summed E-state index contributed by atoms with van der Waals surface area (Å²) in [5.74, 6) is 0. The molecule has 0 aliphatic carbocycles. The number of nitrogens with one attached hydrogen (secondary N) is 1. The van der Waals surface area contributed by atoms with E-state index in [4.69, 9.17) is 0 Å². The summed E-state index contributed by atoms with van der Waals surface area (Å²) in [6.45, 7) is 0.790. The molecule has 0 spiro atoms. The third kappa shape index (κ3) is 3.15. The molecule has 1 aromatic carbocycles. The molecule has 0 fully saturated rings. The van der Waals surface area contributed by atoms with Crippen LogP contribution in [-0.2, 0) is 13.6 Å². The molecule has 1 heterocycles. The summed E-state index contributed by atoms with van der Waals surface area (Å²) < 4.78 is 1.77. The minimum atomic E-state index is -0.0311. The van der Waals surface area contributed by atoms with Gasteiger partial charge in [-0.3, -0.25) is 4.68 Å². The van der Waals surface area contributed by atoms with Crippen LogP contribution in [0, 0.1) is 0 Å². The van der Waals surface area contributed by atoms with Gasteiger partial charge >= 0.3 is 0 Å². The highest BCUT2D eigenvalue weighted by atomic mass is 16.3. The van der Waals surface area contributed by atoms with E-state index in [1.807, 2.05) is 49.8 Å². The molecule has 2 rings (SSSR count). The van der Waals surface area contributed by atoms with Gasteiger partial charge in [0.15, 0.2) is 0 Å². The molecule has 0 saturated carbocycles. The first-order chi connectivity index (χ1) is 8.29. The fourth-order valence-corrected chi connectivity index (χ4v) is 1.78. The van der Waals surface area contributed by atoms with Crippen LogP contribution in [0.4, 0.5) is 0 Å². The Morgan fingerprint density at radius 2 is 2.12 bits per heavy atom. The Kier molecular flexibility index (Phi) is 3.90. The Labute approximate surface area is 101 Å². The van der Waals surface area contributed by atoms with E-state index in [0.717, 1.165) is 11.1 Å². The first-order valence-electron chi connectivity index (χ1n) is 5.66. The van der Waals surface area contributed by atoms with Crippen molar-refractivity contribution in [2.75, 3.05) is 6.61 Å². The molecule has 1 aromatic heterocycles. The molecule has 0 radical (unpaired) electrons. The molecule has 0 bridgehead atoms. The van der Waals surface area contributed by atoms with Crippen LogP contribution in [0.15, 0.2) is 42.7 Å². The monoisotopic (exact) mass is 231 g/mol. The maximum atomic E-state index is 9.38. The van der Waals surface area contributed by atoms with E-state index in [9.17, 15) is 5.11 Å². The zero-order valence-corrected chi connectivity index (χ0v) is 9.87. The smallest absolute Gasteiger partial charge is 0.0626 e. The van der Waals surface area contributed by atoms with Crippen LogP contribution in [-0.4, -0.2) is 21.5 Å². The van der Waals surface area contributed by atoms with E-state index in [2.05, 4.69) is 10.4 Å². The topological polar surface area (TPSA) is 50.1 Å². The van der Waals surface area contributed by atoms with Gasteiger partial charge < -0.3 is 10.4 Å². The molecule has 0 aliphatic heterocycles. The number of rotatable bonds is 5. The highest BCUT2D eigenvalue weighted by Gasteiger charge is 2.09. The molecule has 0 saturated heterocycles. The Bertz CT molecular complexity index is 453. The maximum absolute atomic E-state index is 9.38. The van der Waals surface area contributed by atoms with Gasteiger partial charge in [0.2, 0.25) is 0 Å². The summed E-state index contributed by atoms with van der Waals surface area (Å²) in [6, 6.07) is 9.91. The lowest BCUT2D eigenvalue weighted by molar-refractivity contribution is 0.243. The molecule has 2 N–H and O–H groups in total. The highest BCUT2D eigenvalue weighted by Crippen LogP contribution is 2.12. The van der Waals surface area contributed by atoms with E-state index in [0.29, 0.717) is 6.54 Å². The van der Waals surface area contributed by atoms with Crippen LogP contribution in [0.25, 0.3) is 0 Å². The summed E-state index contributed by atoms with van der Waals surface area (Å²) in [4.78, 5) is 0. The van der Waals surface area contributed by atoms with Gasteiger partial charge in [0, 0.05) is 25.4 Å². The fraction of sp³-hybridized carbons (Fsp3) is 0.308. The van der Waals surface area contributed by atoms with Gasteiger partial charge in [-0.15, -0.1) is 0 Å². The lowest BCUT2D eigenvalue weighted by atomic mass is 10.1. The summed E-state index contributed by atoms with van der Waals surface area (Å²) in [7, 11) is 1.89. The quantitative estimate of drug-likeness (QED) is 0.814. The van der Waals surface area contributed by atoms with Crippen molar-refractivity contribution in [3.8, 4) is 0 Å². The van der Waals surface area contributed by atoms with Gasteiger partial charge in [-0.05, 0) is 5.56 Å². The molecule has 2 aromatic rings. The number of nitrogens with zero attached hydrogens (tertiary/aromatic N) is 2. The van der Waals surface area contributed by atoms with Crippen LogP contribution < -0.4 is 5.32 Å². The number of hydrogen-bond acceptors (Lipinski definition) is 3. The second-order valence-corrected chi connectivity index (χ2v) is 4.05. The Balaban J connectivity index is 1.97. The summed E-state index contributed by atoms with van der Waals surface area (Å²) in [5, 5.41) is 16.8. The molecule has 0 unspecified atom stereocenters. The minimum absolute atomic E-state index is 0.0311. The average molecular weight is 231 g/mol. The number of hydrogen-bond donors (Lipinski definition) is 2. The summed E-state index contributed by atoms with van der Waals surface area (Å²) in [6.07, 6.45) is 3.79. The fourth-order valence-electron chi connectivity index (χ4n) is 1.78. The van der Waals surface area contributed by atoms with Crippen molar-refractivity contribution < 1.29 is 5.11 Å². The number of aliphatic hydroxyl groups is 1. The van der Waals surface area contributed by atoms with Crippen LogP contribution in [0.2, 0.25) is 0 Å². The second kappa shape index (κ2) is 5.61. The zero-order chi connectivity index (χ0) is 12.1. The molecular weight excluding hydrogens is 214 g/mol. The van der Waals surface area contributed by atoms with Crippen molar-refractivity contribution in [2.45, 2.75) is 12.6 Å². The number of benzene rings is 1. The van der Waals surface area contributed by atoms with E-state index in [1.54, 1.807) is 4.68 Å². The lowest BCUT2D eigenvalue weighted by Crippen LogP contribution is -2.23. The van der Waals surface area contributed by atoms with Gasteiger partial charge in [-0.1, -0.05) is 30.3 Å². The van der Waals surface area contributed by atoms with Crippen molar-refractivity contribution in [1.29, 1.82) is 0 Å². The van der Waals surface area contributed by atoms with E-state index in [-0.39, 0.29) is 12.6 Å². The normalized spacial score (nSPS) is 12.6. The molecule has 4 nitrogen and oxygen atoms in total. The van der Waals surface area contributed by atoms with Crippen LogP contribution in [0.1, 0.15) is 17.2 Å². The Morgan fingerprint density at radius 1 is 1.35 bits per heavy atom. The molecule has 1 atom stereocenters. The van der Waals surface area contributed by atoms with Crippen molar-refractivity contribution in [1.82, 2.24) is 15.1 Å². The number of aryl methyl sites for hydroxylation is 1. The lowest BCUT2D eigenvalue weighted by Gasteiger charge is -2.15. The number of aliphatic hydroxyl groups excluding tert-OH is 1. The van der Waals surface area contributed by atoms with Gasteiger partial charge in [-0.25, -0.2) is 0 Å². The predicted octanol–water partition coefficient (Wildman–Crippen LogP) is 1.24. The van der Waals surface area contributed by atoms with Crippen LogP contribution in [0.5, 0.6) is 0 Å². The van der Waals surface area contributed by atoms with Crippen molar-refractivity contribution in [2.24, 2.45) is 7.05 Å². The minimum Gasteiger partial charge on any atom is -0.394 e. The second-order valence-electron chi connectivity index (χ2n) is 4.05. The molecule has 0 aliphatic rings. The van der Waals surface area contributed by atoms with Gasteiger partial charge in [0.1, 0.15) is 0 Å². The van der Waals surface area contributed by atoms with Gasteiger partial charge in [-0.2, -0.15) is 5.10 Å². The highest BCUT2D eigenvalue weighted by molar-refractivity contribution is 5.19. The SMILES string of the molecule is Cn1cc(CN[C@@H](CO)c2ccccc2)cn1. The van der Waals surface area contributed by atoms with Crippen molar-refractivity contribution >= 4 is 0 Å². The molecule has 90 valence electrons. The number of aromatic nitrogens is 2. The maximum Gasteiger partial charge on any atom is 0.0626 e. The first kappa shape index (κ1) is 11.8. The third-order valence-electron chi connectivity index (χ3n) is 2.70. The standard InChI is InChI=1S/C13H17N3O/c1-16-9-11(8-15-16)7-14-13(10-17)12-5-3-2-4-6-12/h2-6,8-9,13-14,17H,7,10H2,1H3/t13-/m0/s1. The summed E-state index contributed by atoms with van der Waals surface area (Å²) in [5.41, 5.74) is 2.21. The first-order valence-corrected chi connectivity index (χ1v) is 5.66. The van der Waals surface area contributed by atoms with E-state index < -0.39 is 0 Å². The van der Waals surface area contributed by atoms with Crippen LogP contribution >= 0.6 is 0 Å². The van der Waals surface area contributed by atoms with E-state index >= 15 is 0 Å². The summed E-state index contributed by atoms with van der Waals surface area (Å²) >= 11 is 0. The van der Waals surface area contributed by atoms with Crippen LogP contribution in [0.3, 0.4) is 0 Å². The molecule has 17 heavy (non-hydrogen) atoms. The third-order valence-corrected chi connectivity index (χ3v) is 2.70. The van der Waals surface area contributed by atoms with Gasteiger partial charge in [0.25, 0.3) is 0 Å². The average Bonchev–Trinajstić information content (AvgIpc) is 2.77. The van der Waals surface area contributed by atoms with Crippen molar-refractivity contribution in [3.05, 3.63) is 53.9 Å². The molecular formula is C13H17N3O. The molecule has 0 amide bonds. The zero-order valence-electron chi connectivity index (χ0n) is 9.87. The Morgan fingerprint density at radius 3 is 2.71 bits per heavy atom.